The zero-order valence-corrected chi connectivity index (χ0v) is 10.7. The molecule has 1 aliphatic heterocycles. The lowest BCUT2D eigenvalue weighted by molar-refractivity contribution is -0.124. The Morgan fingerprint density at radius 1 is 1.42 bits per heavy atom. The number of piperidine rings is 1. The molecule has 2 aromatic rings. The summed E-state index contributed by atoms with van der Waals surface area (Å²) in [6.07, 6.45) is 2.97. The molecule has 1 saturated heterocycles. The predicted octanol–water partition coefficient (Wildman–Crippen LogP) is 1.67. The molecule has 19 heavy (non-hydrogen) atoms. The Balaban J connectivity index is 1.80. The van der Waals surface area contributed by atoms with Gasteiger partial charge >= 0.3 is 0 Å². The third-order valence-electron chi connectivity index (χ3n) is 3.62. The number of oxazole rings is 1. The zero-order chi connectivity index (χ0) is 13.2. The minimum atomic E-state index is -0.254. The van der Waals surface area contributed by atoms with Crippen LogP contribution in [-0.2, 0) is 11.3 Å². The Kier molecular flexibility index (Phi) is 3.21. The molecule has 0 radical (unpaired) electrons. The fourth-order valence-corrected chi connectivity index (χ4v) is 2.66. The third-order valence-corrected chi connectivity index (χ3v) is 3.62. The van der Waals surface area contributed by atoms with E-state index in [-0.39, 0.29) is 11.9 Å². The first kappa shape index (κ1) is 12.2. The molecule has 5 heteroatoms. The van der Waals surface area contributed by atoms with Crippen molar-refractivity contribution in [1.29, 1.82) is 0 Å². The van der Waals surface area contributed by atoms with Gasteiger partial charge in [0.05, 0.1) is 12.6 Å². The highest BCUT2D eigenvalue weighted by Gasteiger charge is 2.27. The van der Waals surface area contributed by atoms with Crippen molar-refractivity contribution < 1.29 is 9.21 Å². The second-order valence-corrected chi connectivity index (χ2v) is 4.96. The number of amides is 1. The summed E-state index contributed by atoms with van der Waals surface area (Å²) in [5.41, 5.74) is 7.09. The van der Waals surface area contributed by atoms with Crippen LogP contribution in [0.5, 0.6) is 0 Å². The van der Waals surface area contributed by atoms with E-state index in [1.54, 1.807) is 0 Å². The number of aromatic nitrogens is 1. The first-order valence-corrected chi connectivity index (χ1v) is 6.62. The number of rotatable bonds is 3. The van der Waals surface area contributed by atoms with Gasteiger partial charge in [0.25, 0.3) is 0 Å². The molecule has 0 spiro atoms. The summed E-state index contributed by atoms with van der Waals surface area (Å²) >= 11 is 0. The largest absolute Gasteiger partial charge is 0.439 e. The molecule has 1 aliphatic rings. The van der Waals surface area contributed by atoms with Gasteiger partial charge in [-0.25, -0.2) is 4.98 Å². The van der Waals surface area contributed by atoms with Crippen LogP contribution in [0.15, 0.2) is 28.7 Å². The van der Waals surface area contributed by atoms with Gasteiger partial charge < -0.3 is 10.2 Å². The van der Waals surface area contributed by atoms with Crippen LogP contribution in [0.2, 0.25) is 0 Å². The Hall–Kier alpha value is -1.88. The molecule has 0 aliphatic carbocycles. The molecule has 2 heterocycles. The lowest BCUT2D eigenvalue weighted by atomic mass is 10.0. The van der Waals surface area contributed by atoms with Crippen LogP contribution in [0.1, 0.15) is 25.2 Å². The first-order valence-electron chi connectivity index (χ1n) is 6.62. The van der Waals surface area contributed by atoms with Crippen molar-refractivity contribution in [3.8, 4) is 0 Å². The standard InChI is InChI=1S/C14H17N3O2/c15-14(18)11-6-3-4-8-17(11)9-13-16-10-5-1-2-7-12(10)19-13/h1-2,5,7,11H,3-4,6,8-9H2,(H2,15,18). The van der Waals surface area contributed by atoms with Crippen molar-refractivity contribution >= 4 is 17.0 Å². The van der Waals surface area contributed by atoms with Gasteiger partial charge in [-0.1, -0.05) is 18.6 Å². The maximum atomic E-state index is 11.5. The lowest BCUT2D eigenvalue weighted by Gasteiger charge is -2.32. The number of carbonyl (C=O) groups is 1. The number of hydrogen-bond acceptors (Lipinski definition) is 4. The molecule has 1 unspecified atom stereocenters. The minimum Gasteiger partial charge on any atom is -0.439 e. The molecule has 100 valence electrons. The van der Waals surface area contributed by atoms with E-state index in [0.29, 0.717) is 12.4 Å². The Morgan fingerprint density at radius 3 is 3.05 bits per heavy atom. The monoisotopic (exact) mass is 259 g/mol. The molecule has 1 aromatic heterocycles. The summed E-state index contributed by atoms with van der Waals surface area (Å²) in [5.74, 6) is 0.394. The molecule has 3 rings (SSSR count). The summed E-state index contributed by atoms with van der Waals surface area (Å²) in [7, 11) is 0. The lowest BCUT2D eigenvalue weighted by Crippen LogP contribution is -2.47. The average molecular weight is 259 g/mol. The van der Waals surface area contributed by atoms with Gasteiger partial charge in [-0.05, 0) is 31.5 Å². The number of carbonyl (C=O) groups excluding carboxylic acids is 1. The fourth-order valence-electron chi connectivity index (χ4n) is 2.66. The van der Waals surface area contributed by atoms with E-state index >= 15 is 0 Å². The van der Waals surface area contributed by atoms with Crippen molar-refractivity contribution in [2.24, 2.45) is 5.73 Å². The Morgan fingerprint density at radius 2 is 2.26 bits per heavy atom. The van der Waals surface area contributed by atoms with Gasteiger partial charge in [0, 0.05) is 0 Å². The normalized spacial score (nSPS) is 20.7. The van der Waals surface area contributed by atoms with E-state index in [0.717, 1.165) is 36.9 Å². The molecular weight excluding hydrogens is 242 g/mol. The highest BCUT2D eigenvalue weighted by Crippen LogP contribution is 2.21. The van der Waals surface area contributed by atoms with E-state index < -0.39 is 0 Å². The topological polar surface area (TPSA) is 72.4 Å². The number of fused-ring (bicyclic) bond motifs is 1. The number of hydrogen-bond donors (Lipinski definition) is 1. The Bertz CT molecular complexity index is 560. The molecule has 1 amide bonds. The molecule has 1 aromatic carbocycles. The zero-order valence-electron chi connectivity index (χ0n) is 10.7. The molecule has 1 fully saturated rings. The molecule has 5 nitrogen and oxygen atoms in total. The smallest absolute Gasteiger partial charge is 0.234 e. The summed E-state index contributed by atoms with van der Waals surface area (Å²) in [6, 6.07) is 7.48. The van der Waals surface area contributed by atoms with Gasteiger partial charge in [-0.3, -0.25) is 9.69 Å². The summed E-state index contributed by atoms with van der Waals surface area (Å²) in [5, 5.41) is 0. The number of benzene rings is 1. The first-order chi connectivity index (χ1) is 9.24. The van der Waals surface area contributed by atoms with Crippen molar-refractivity contribution in [1.82, 2.24) is 9.88 Å². The van der Waals surface area contributed by atoms with Gasteiger partial charge in [0.1, 0.15) is 5.52 Å². The van der Waals surface area contributed by atoms with Gasteiger partial charge in [-0.15, -0.1) is 0 Å². The molecule has 0 saturated carbocycles. The van der Waals surface area contributed by atoms with E-state index in [4.69, 9.17) is 10.2 Å². The number of para-hydroxylation sites is 2. The Labute approximate surface area is 111 Å². The van der Waals surface area contributed by atoms with Gasteiger partial charge in [-0.2, -0.15) is 0 Å². The van der Waals surface area contributed by atoms with E-state index in [1.807, 2.05) is 24.3 Å². The molecule has 2 N–H and O–H groups in total. The second-order valence-electron chi connectivity index (χ2n) is 4.96. The summed E-state index contributed by atoms with van der Waals surface area (Å²) < 4.78 is 5.69. The van der Waals surface area contributed by atoms with Crippen molar-refractivity contribution in [2.45, 2.75) is 31.8 Å². The van der Waals surface area contributed by atoms with Crippen molar-refractivity contribution in [3.63, 3.8) is 0 Å². The average Bonchev–Trinajstić information content (AvgIpc) is 2.81. The molecule has 0 bridgehead atoms. The van der Waals surface area contributed by atoms with Crippen molar-refractivity contribution in [2.75, 3.05) is 6.54 Å². The number of nitrogens with two attached hydrogens (primary N) is 1. The van der Waals surface area contributed by atoms with Crippen LogP contribution in [0.25, 0.3) is 11.1 Å². The minimum absolute atomic E-state index is 0.191. The SMILES string of the molecule is NC(=O)C1CCCCN1Cc1nc2ccccc2o1. The number of likely N-dealkylation sites (tertiary alicyclic amines) is 1. The van der Waals surface area contributed by atoms with Gasteiger partial charge in [0.2, 0.25) is 11.8 Å². The molecule has 1 atom stereocenters. The van der Waals surface area contributed by atoms with Crippen LogP contribution in [0.3, 0.4) is 0 Å². The fraction of sp³-hybridized carbons (Fsp3) is 0.429. The highest BCUT2D eigenvalue weighted by molar-refractivity contribution is 5.80. The van der Waals surface area contributed by atoms with Crippen LogP contribution in [0, 0.1) is 0 Å². The van der Waals surface area contributed by atoms with E-state index in [1.165, 1.54) is 0 Å². The highest BCUT2D eigenvalue weighted by atomic mass is 16.3. The maximum Gasteiger partial charge on any atom is 0.234 e. The quantitative estimate of drug-likeness (QED) is 0.910. The molecular formula is C14H17N3O2. The van der Waals surface area contributed by atoms with Crippen LogP contribution in [-0.4, -0.2) is 28.4 Å². The van der Waals surface area contributed by atoms with Crippen LogP contribution < -0.4 is 5.73 Å². The maximum absolute atomic E-state index is 11.5. The van der Waals surface area contributed by atoms with E-state index in [9.17, 15) is 4.79 Å². The summed E-state index contributed by atoms with van der Waals surface area (Å²) in [6.45, 7) is 1.41. The van der Waals surface area contributed by atoms with Crippen molar-refractivity contribution in [3.05, 3.63) is 30.2 Å². The number of primary amides is 1. The van der Waals surface area contributed by atoms with Gasteiger partial charge in [0.15, 0.2) is 5.58 Å². The summed E-state index contributed by atoms with van der Waals surface area (Å²) in [4.78, 5) is 18.0. The van der Waals surface area contributed by atoms with Crippen LogP contribution in [0.4, 0.5) is 0 Å². The predicted molar refractivity (Wildman–Crippen MR) is 71.3 cm³/mol. The third kappa shape index (κ3) is 2.46. The van der Waals surface area contributed by atoms with E-state index in [2.05, 4.69) is 9.88 Å². The number of nitrogens with zero attached hydrogens (tertiary/aromatic N) is 2. The van der Waals surface area contributed by atoms with Crippen LogP contribution >= 0.6 is 0 Å². The second kappa shape index (κ2) is 5.01.